The highest BCUT2D eigenvalue weighted by Crippen LogP contribution is 2.30. The number of hydrogen-bond donors (Lipinski definition) is 1. The van der Waals surface area contributed by atoms with Crippen LogP contribution in [0.3, 0.4) is 0 Å². The van der Waals surface area contributed by atoms with Gasteiger partial charge in [0.1, 0.15) is 11.4 Å². The zero-order chi connectivity index (χ0) is 18.1. The van der Waals surface area contributed by atoms with Crippen LogP contribution in [0, 0.1) is 12.3 Å². The summed E-state index contributed by atoms with van der Waals surface area (Å²) in [5.74, 6) is 2.83. The Hall–Kier alpha value is -0.893. The van der Waals surface area contributed by atoms with Crippen LogP contribution in [0.4, 0.5) is 0 Å². The van der Waals surface area contributed by atoms with Gasteiger partial charge in [-0.3, -0.25) is 4.79 Å². The lowest BCUT2D eigenvalue weighted by Crippen LogP contribution is -2.45. The van der Waals surface area contributed by atoms with Crippen molar-refractivity contribution in [3.63, 3.8) is 0 Å². The second kappa shape index (κ2) is 10.1. The second-order valence-electron chi connectivity index (χ2n) is 6.63. The molecule has 0 aliphatic heterocycles. The third kappa shape index (κ3) is 7.47. The zero-order valence-electron chi connectivity index (χ0n) is 15.7. The fourth-order valence-electron chi connectivity index (χ4n) is 2.74. The van der Waals surface area contributed by atoms with Crippen LogP contribution < -0.4 is 0 Å². The Labute approximate surface area is 143 Å². The molecule has 0 aromatic heterocycles. The van der Waals surface area contributed by atoms with Gasteiger partial charge in [0.15, 0.2) is 8.32 Å². The number of rotatable bonds is 11. The number of ketones is 1. The predicted octanol–water partition coefficient (Wildman–Crippen LogP) is 4.47. The molecule has 132 valence electrons. The Morgan fingerprint density at radius 3 is 2.22 bits per heavy atom. The molecule has 0 amide bonds. The monoisotopic (exact) mass is 338 g/mol. The molecule has 0 fully saturated rings. The predicted molar refractivity (Wildman–Crippen MR) is 99.8 cm³/mol. The van der Waals surface area contributed by atoms with Gasteiger partial charge in [0, 0.05) is 6.42 Å². The summed E-state index contributed by atoms with van der Waals surface area (Å²) in [6.45, 7) is 11.9. The molecular formula is C19H34O3Si. The molecule has 1 unspecified atom stereocenters. The molecule has 1 N–H and O–H groups in total. The molecule has 3 nitrogen and oxygen atoms in total. The number of terminal acetylenes is 1. The van der Waals surface area contributed by atoms with Crippen molar-refractivity contribution in [2.24, 2.45) is 0 Å². The molecule has 0 radical (unpaired) electrons. The number of carbonyl (C=O) groups is 1. The molecule has 2 atom stereocenters. The highest BCUT2D eigenvalue weighted by atomic mass is 28.4. The number of Topliss-reactive ketones (excluding diaryl/α,β-unsaturated/α-hetero) is 1. The van der Waals surface area contributed by atoms with Crippen LogP contribution in [0.1, 0.15) is 60.8 Å². The molecule has 0 heterocycles. The highest BCUT2D eigenvalue weighted by molar-refractivity contribution is 6.73. The fraction of sp³-hybridized carbons (Fsp3) is 0.737. The Morgan fingerprint density at radius 2 is 1.83 bits per heavy atom. The highest BCUT2D eigenvalue weighted by Gasteiger charge is 2.36. The number of hydrogen-bond acceptors (Lipinski definition) is 3. The van der Waals surface area contributed by atoms with E-state index in [1.807, 2.05) is 19.9 Å². The summed E-state index contributed by atoms with van der Waals surface area (Å²) in [7, 11) is -1.75. The number of carbonyl (C=O) groups excluding carboxylic acids is 1. The molecule has 0 saturated heterocycles. The van der Waals surface area contributed by atoms with E-state index in [-0.39, 0.29) is 12.2 Å². The van der Waals surface area contributed by atoms with Crippen LogP contribution in [0.2, 0.25) is 18.1 Å². The maximum atomic E-state index is 11.1. The third-order valence-corrected chi connectivity index (χ3v) is 9.52. The van der Waals surface area contributed by atoms with Gasteiger partial charge >= 0.3 is 0 Å². The molecule has 23 heavy (non-hydrogen) atoms. The van der Waals surface area contributed by atoms with Gasteiger partial charge < -0.3 is 9.53 Å². The maximum Gasteiger partial charge on any atom is 0.194 e. The Morgan fingerprint density at radius 1 is 1.30 bits per heavy atom. The summed E-state index contributed by atoms with van der Waals surface area (Å²) in [5.41, 5.74) is 0.265. The van der Waals surface area contributed by atoms with Crippen molar-refractivity contribution < 1.29 is 14.3 Å². The zero-order valence-corrected chi connectivity index (χ0v) is 16.7. The van der Waals surface area contributed by atoms with E-state index in [4.69, 9.17) is 10.8 Å². The molecule has 0 aromatic carbocycles. The molecule has 0 rings (SSSR count). The molecule has 0 bridgehead atoms. The summed E-state index contributed by atoms with van der Waals surface area (Å²) in [6, 6.07) is 3.22. The van der Waals surface area contributed by atoms with Crippen LogP contribution in [0.5, 0.6) is 0 Å². The van der Waals surface area contributed by atoms with Crippen LogP contribution >= 0.6 is 0 Å². The van der Waals surface area contributed by atoms with Gasteiger partial charge in [0.25, 0.3) is 0 Å². The maximum absolute atomic E-state index is 11.1. The van der Waals surface area contributed by atoms with Crippen molar-refractivity contribution in [1.82, 2.24) is 0 Å². The van der Waals surface area contributed by atoms with Crippen molar-refractivity contribution >= 4 is 14.1 Å². The molecule has 0 spiro atoms. The number of aliphatic hydroxyl groups is 1. The first-order chi connectivity index (χ1) is 10.7. The van der Waals surface area contributed by atoms with Gasteiger partial charge in [-0.1, -0.05) is 32.8 Å². The van der Waals surface area contributed by atoms with Crippen molar-refractivity contribution in [3.8, 4) is 12.3 Å². The molecular weight excluding hydrogens is 304 g/mol. The van der Waals surface area contributed by atoms with E-state index < -0.39 is 20.0 Å². The van der Waals surface area contributed by atoms with Gasteiger partial charge in [0.2, 0.25) is 0 Å². The van der Waals surface area contributed by atoms with E-state index in [1.165, 1.54) is 6.92 Å². The average molecular weight is 339 g/mol. The third-order valence-electron chi connectivity index (χ3n) is 4.77. The van der Waals surface area contributed by atoms with Gasteiger partial charge in [0.05, 0.1) is 6.10 Å². The van der Waals surface area contributed by atoms with Crippen molar-refractivity contribution in [2.45, 2.75) is 90.6 Å². The Balaban J connectivity index is 4.82. The van der Waals surface area contributed by atoms with E-state index in [1.54, 1.807) is 0 Å². The quantitative estimate of drug-likeness (QED) is 0.343. The fourth-order valence-corrected chi connectivity index (χ4v) is 5.79. The number of aliphatic hydroxyl groups excluding tert-OH is 1. The lowest BCUT2D eigenvalue weighted by molar-refractivity contribution is -0.118. The second-order valence-corrected chi connectivity index (χ2v) is 11.3. The summed E-state index contributed by atoms with van der Waals surface area (Å²) >= 11 is 0. The van der Waals surface area contributed by atoms with Crippen molar-refractivity contribution in [2.75, 3.05) is 0 Å². The topological polar surface area (TPSA) is 46.5 Å². The first-order valence-electron chi connectivity index (χ1n) is 8.69. The van der Waals surface area contributed by atoms with Crippen LogP contribution in [-0.4, -0.2) is 30.9 Å². The minimum absolute atomic E-state index is 0.00772. The SMILES string of the molecule is C#C[C@](C)(CC/C=C(\C)C(O)CC(C)=O)O[Si](CC)(CC)CC. The lowest BCUT2D eigenvalue weighted by atomic mass is 9.99. The van der Waals surface area contributed by atoms with E-state index >= 15 is 0 Å². The molecule has 0 saturated carbocycles. The normalized spacial score (nSPS) is 16.5. The van der Waals surface area contributed by atoms with E-state index in [9.17, 15) is 9.90 Å². The summed E-state index contributed by atoms with van der Waals surface area (Å²) in [5, 5.41) is 9.92. The van der Waals surface area contributed by atoms with Gasteiger partial charge in [-0.05, 0) is 57.3 Å². The van der Waals surface area contributed by atoms with Gasteiger partial charge in [-0.15, -0.1) is 6.42 Å². The first kappa shape index (κ1) is 22.1. The molecule has 0 aromatic rings. The summed E-state index contributed by atoms with van der Waals surface area (Å²) in [4.78, 5) is 11.1. The largest absolute Gasteiger partial charge is 0.401 e. The smallest absolute Gasteiger partial charge is 0.194 e. The van der Waals surface area contributed by atoms with Gasteiger partial charge in [-0.25, -0.2) is 0 Å². The summed E-state index contributed by atoms with van der Waals surface area (Å²) in [6.07, 6.45) is 8.66. The standard InChI is InChI=1S/C19H34O3Si/c1-8-19(7,22-23(9-2,10-3)11-4)14-12-13-16(5)18(21)15-17(6)20/h1,13,18,21H,9-12,14-15H2,2-7H3/b16-13+/t18?,19-/m1/s1. The van der Waals surface area contributed by atoms with Gasteiger partial charge in [-0.2, -0.15) is 0 Å². The van der Waals surface area contributed by atoms with Crippen molar-refractivity contribution in [1.29, 1.82) is 0 Å². The Kier molecular flexibility index (Phi) is 9.68. The first-order valence-corrected chi connectivity index (χ1v) is 11.2. The van der Waals surface area contributed by atoms with E-state index in [2.05, 4.69) is 26.7 Å². The minimum Gasteiger partial charge on any atom is -0.401 e. The average Bonchev–Trinajstić information content (AvgIpc) is 2.52. The number of allylic oxidation sites excluding steroid dienone is 1. The lowest BCUT2D eigenvalue weighted by Gasteiger charge is -2.37. The summed E-state index contributed by atoms with van der Waals surface area (Å²) < 4.78 is 6.49. The molecule has 0 aliphatic rings. The van der Waals surface area contributed by atoms with E-state index in [0.717, 1.165) is 36.5 Å². The van der Waals surface area contributed by atoms with E-state index in [0.29, 0.717) is 0 Å². The molecule has 4 heteroatoms. The molecule has 0 aliphatic carbocycles. The van der Waals surface area contributed by atoms with Crippen LogP contribution in [0.25, 0.3) is 0 Å². The Bertz CT molecular complexity index is 438. The van der Waals surface area contributed by atoms with Crippen LogP contribution in [0.15, 0.2) is 11.6 Å². The van der Waals surface area contributed by atoms with Crippen molar-refractivity contribution in [3.05, 3.63) is 11.6 Å². The minimum atomic E-state index is -1.75. The van der Waals surface area contributed by atoms with Crippen LogP contribution in [-0.2, 0) is 9.22 Å².